The molecule has 0 aliphatic heterocycles. The summed E-state index contributed by atoms with van der Waals surface area (Å²) in [5.74, 6) is 2.55. The second-order valence-corrected chi connectivity index (χ2v) is 4.37. The Morgan fingerprint density at radius 1 is 1.50 bits per heavy atom. The van der Waals surface area contributed by atoms with Crippen molar-refractivity contribution in [1.82, 2.24) is 10.3 Å². The molecule has 1 aliphatic rings. The third-order valence-corrected chi connectivity index (χ3v) is 3.49. The van der Waals surface area contributed by atoms with Gasteiger partial charge in [-0.05, 0) is 24.7 Å². The van der Waals surface area contributed by atoms with E-state index < -0.39 is 0 Å². The maximum Gasteiger partial charge on any atom is 0.180 e. The third-order valence-electron chi connectivity index (χ3n) is 3.49. The van der Waals surface area contributed by atoms with Crippen molar-refractivity contribution in [3.05, 3.63) is 18.4 Å². The van der Waals surface area contributed by atoms with Crippen LogP contribution in [0.3, 0.4) is 0 Å². The minimum atomic E-state index is 0.648. The first-order valence-corrected chi connectivity index (χ1v) is 5.38. The highest BCUT2D eigenvalue weighted by atomic mass is 16.3. The predicted octanol–water partition coefficient (Wildman–Crippen LogP) is 2.20. The molecule has 0 spiro atoms. The van der Waals surface area contributed by atoms with Gasteiger partial charge in [-0.25, -0.2) is 4.98 Å². The highest BCUT2D eigenvalue weighted by Gasteiger charge is 2.29. The zero-order chi connectivity index (χ0) is 9.97. The van der Waals surface area contributed by atoms with Crippen molar-refractivity contribution in [2.45, 2.75) is 39.3 Å². The molecule has 1 heterocycles. The van der Waals surface area contributed by atoms with Gasteiger partial charge >= 0.3 is 0 Å². The molecule has 3 nitrogen and oxygen atoms in total. The van der Waals surface area contributed by atoms with Crippen molar-refractivity contribution in [3.8, 4) is 0 Å². The molecule has 1 N–H and O–H groups in total. The number of oxazole rings is 1. The van der Waals surface area contributed by atoms with Gasteiger partial charge < -0.3 is 9.73 Å². The van der Waals surface area contributed by atoms with Crippen molar-refractivity contribution in [2.75, 3.05) is 0 Å². The molecular weight excluding hydrogens is 176 g/mol. The number of hydrogen-bond acceptors (Lipinski definition) is 3. The van der Waals surface area contributed by atoms with E-state index >= 15 is 0 Å². The van der Waals surface area contributed by atoms with Crippen LogP contribution in [0.4, 0.5) is 0 Å². The van der Waals surface area contributed by atoms with Gasteiger partial charge in [-0.1, -0.05) is 13.8 Å². The second kappa shape index (κ2) is 4.13. The second-order valence-electron chi connectivity index (χ2n) is 4.37. The minimum Gasteiger partial charge on any atom is -0.447 e. The maximum atomic E-state index is 5.18. The third kappa shape index (κ3) is 1.98. The molecule has 0 radical (unpaired) electrons. The lowest BCUT2D eigenvalue weighted by Gasteiger charge is -2.18. The van der Waals surface area contributed by atoms with E-state index in [2.05, 4.69) is 24.1 Å². The van der Waals surface area contributed by atoms with Crippen LogP contribution in [-0.4, -0.2) is 11.0 Å². The molecule has 1 aromatic heterocycles. The van der Waals surface area contributed by atoms with Gasteiger partial charge in [0.1, 0.15) is 5.76 Å². The Labute approximate surface area is 84.9 Å². The summed E-state index contributed by atoms with van der Waals surface area (Å²) in [6.07, 6.45) is 5.89. The van der Waals surface area contributed by atoms with Gasteiger partial charge in [0.05, 0.1) is 12.7 Å². The van der Waals surface area contributed by atoms with E-state index in [1.54, 1.807) is 6.20 Å². The van der Waals surface area contributed by atoms with E-state index in [4.69, 9.17) is 4.42 Å². The van der Waals surface area contributed by atoms with Crippen molar-refractivity contribution >= 4 is 0 Å². The van der Waals surface area contributed by atoms with E-state index in [1.807, 2.05) is 0 Å². The monoisotopic (exact) mass is 194 g/mol. The van der Waals surface area contributed by atoms with E-state index in [1.165, 1.54) is 19.2 Å². The number of nitrogens with zero attached hydrogens (tertiary/aromatic N) is 1. The summed E-state index contributed by atoms with van der Waals surface area (Å²) in [6.45, 7) is 5.47. The zero-order valence-corrected chi connectivity index (χ0v) is 8.86. The Hall–Kier alpha value is -0.830. The number of hydrogen-bond donors (Lipinski definition) is 1. The number of nitrogens with one attached hydrogen (secondary N) is 1. The molecule has 1 aliphatic carbocycles. The van der Waals surface area contributed by atoms with Crippen LogP contribution in [0, 0.1) is 11.8 Å². The zero-order valence-electron chi connectivity index (χ0n) is 8.86. The Morgan fingerprint density at radius 3 is 2.93 bits per heavy atom. The fraction of sp³-hybridized carbons (Fsp3) is 0.727. The van der Waals surface area contributed by atoms with Gasteiger partial charge in [0.25, 0.3) is 0 Å². The van der Waals surface area contributed by atoms with Crippen LogP contribution >= 0.6 is 0 Å². The summed E-state index contributed by atoms with van der Waals surface area (Å²) in [6, 6.07) is 0.648. The molecule has 2 rings (SSSR count). The van der Waals surface area contributed by atoms with Crippen molar-refractivity contribution in [2.24, 2.45) is 11.8 Å². The molecule has 1 aromatic rings. The van der Waals surface area contributed by atoms with Gasteiger partial charge in [0.15, 0.2) is 6.39 Å². The van der Waals surface area contributed by atoms with E-state index in [0.717, 1.165) is 24.1 Å². The summed E-state index contributed by atoms with van der Waals surface area (Å²) in [4.78, 5) is 3.89. The lowest BCUT2D eigenvalue weighted by Crippen LogP contribution is -2.31. The standard InChI is InChI=1S/C11H18N2O/c1-8-3-4-11(9(8)2)13-6-10-5-12-7-14-10/h5,7-9,11,13H,3-4,6H2,1-2H3. The Bertz CT molecular complexity index is 271. The molecule has 14 heavy (non-hydrogen) atoms. The van der Waals surface area contributed by atoms with Crippen LogP contribution in [0.1, 0.15) is 32.4 Å². The molecule has 3 atom stereocenters. The van der Waals surface area contributed by atoms with Gasteiger partial charge in [0.2, 0.25) is 0 Å². The molecule has 0 amide bonds. The van der Waals surface area contributed by atoms with E-state index in [0.29, 0.717) is 6.04 Å². The highest BCUT2D eigenvalue weighted by molar-refractivity contribution is 4.91. The molecule has 3 heteroatoms. The van der Waals surface area contributed by atoms with Crippen molar-refractivity contribution in [1.29, 1.82) is 0 Å². The topological polar surface area (TPSA) is 38.1 Å². The quantitative estimate of drug-likeness (QED) is 0.801. The van der Waals surface area contributed by atoms with Crippen LogP contribution in [0.2, 0.25) is 0 Å². The van der Waals surface area contributed by atoms with Gasteiger partial charge in [-0.15, -0.1) is 0 Å². The summed E-state index contributed by atoms with van der Waals surface area (Å²) in [5, 5.41) is 3.53. The minimum absolute atomic E-state index is 0.648. The highest BCUT2D eigenvalue weighted by Crippen LogP contribution is 2.31. The van der Waals surface area contributed by atoms with Gasteiger partial charge in [-0.2, -0.15) is 0 Å². The first kappa shape index (κ1) is 9.71. The maximum absolute atomic E-state index is 5.18. The normalized spacial score (nSPS) is 32.3. The predicted molar refractivity (Wildman–Crippen MR) is 54.7 cm³/mol. The summed E-state index contributed by atoms with van der Waals surface area (Å²) in [5.41, 5.74) is 0. The van der Waals surface area contributed by atoms with Crippen molar-refractivity contribution in [3.63, 3.8) is 0 Å². The first-order valence-electron chi connectivity index (χ1n) is 5.38. The fourth-order valence-corrected chi connectivity index (χ4v) is 2.21. The largest absolute Gasteiger partial charge is 0.447 e. The molecule has 78 valence electrons. The summed E-state index contributed by atoms with van der Waals surface area (Å²) >= 11 is 0. The summed E-state index contributed by atoms with van der Waals surface area (Å²) < 4.78 is 5.18. The molecular formula is C11H18N2O. The Morgan fingerprint density at radius 2 is 2.36 bits per heavy atom. The molecule has 1 saturated carbocycles. The molecule has 3 unspecified atom stereocenters. The van der Waals surface area contributed by atoms with Gasteiger partial charge in [-0.3, -0.25) is 0 Å². The van der Waals surface area contributed by atoms with Crippen LogP contribution in [0.25, 0.3) is 0 Å². The SMILES string of the molecule is CC1CCC(NCc2cnco2)C1C. The van der Waals surface area contributed by atoms with E-state index in [9.17, 15) is 0 Å². The molecule has 0 aromatic carbocycles. The molecule has 0 saturated heterocycles. The number of aromatic nitrogens is 1. The van der Waals surface area contributed by atoms with Crippen LogP contribution < -0.4 is 5.32 Å². The molecule has 0 bridgehead atoms. The van der Waals surface area contributed by atoms with Gasteiger partial charge in [0, 0.05) is 6.04 Å². The van der Waals surface area contributed by atoms with Crippen LogP contribution in [0.5, 0.6) is 0 Å². The average molecular weight is 194 g/mol. The Balaban J connectivity index is 1.81. The lowest BCUT2D eigenvalue weighted by molar-refractivity contribution is 0.356. The average Bonchev–Trinajstić information content (AvgIpc) is 2.77. The first-order chi connectivity index (χ1) is 6.77. The fourth-order valence-electron chi connectivity index (χ4n) is 2.21. The molecule has 1 fully saturated rings. The summed E-state index contributed by atoms with van der Waals surface area (Å²) in [7, 11) is 0. The van der Waals surface area contributed by atoms with Crippen molar-refractivity contribution < 1.29 is 4.42 Å². The lowest BCUT2D eigenvalue weighted by atomic mass is 9.98. The van der Waals surface area contributed by atoms with Crippen LogP contribution in [-0.2, 0) is 6.54 Å². The number of rotatable bonds is 3. The smallest absolute Gasteiger partial charge is 0.180 e. The Kier molecular flexibility index (Phi) is 2.87. The van der Waals surface area contributed by atoms with E-state index in [-0.39, 0.29) is 0 Å². The van der Waals surface area contributed by atoms with Crippen LogP contribution in [0.15, 0.2) is 17.0 Å².